The molecule has 10 heavy (non-hydrogen) atoms. The molecule has 0 amide bonds. The summed E-state index contributed by atoms with van der Waals surface area (Å²) in [6, 6.07) is 0.519. The Balaban J connectivity index is 2.57. The van der Waals surface area contributed by atoms with Crippen molar-refractivity contribution in [1.82, 2.24) is 0 Å². The molecular formula is C8H15NS. The van der Waals surface area contributed by atoms with E-state index in [2.05, 4.69) is 25.8 Å². The Kier molecular flexibility index (Phi) is 2.78. The molecule has 0 aliphatic carbocycles. The monoisotopic (exact) mass is 157 g/mol. The predicted molar refractivity (Wildman–Crippen MR) is 48.7 cm³/mol. The van der Waals surface area contributed by atoms with Crippen LogP contribution in [0.4, 0.5) is 0 Å². The van der Waals surface area contributed by atoms with Crippen LogP contribution in [0.3, 0.4) is 0 Å². The van der Waals surface area contributed by atoms with Crippen LogP contribution in [0.1, 0.15) is 20.8 Å². The van der Waals surface area contributed by atoms with Gasteiger partial charge in [0.25, 0.3) is 0 Å². The lowest BCUT2D eigenvalue weighted by Crippen LogP contribution is -2.19. The van der Waals surface area contributed by atoms with E-state index in [1.165, 1.54) is 5.75 Å². The third-order valence-electron chi connectivity index (χ3n) is 2.39. The van der Waals surface area contributed by atoms with E-state index in [1.54, 1.807) is 0 Å². The van der Waals surface area contributed by atoms with Crippen LogP contribution in [-0.2, 0) is 0 Å². The Labute approximate surface area is 67.3 Å². The molecule has 0 N–H and O–H groups in total. The fourth-order valence-electron chi connectivity index (χ4n) is 1.10. The zero-order chi connectivity index (χ0) is 7.56. The molecule has 0 saturated carbocycles. The van der Waals surface area contributed by atoms with E-state index >= 15 is 0 Å². The van der Waals surface area contributed by atoms with Crippen LogP contribution in [0.2, 0.25) is 0 Å². The van der Waals surface area contributed by atoms with Gasteiger partial charge in [0, 0.05) is 5.75 Å². The molecule has 1 heterocycles. The normalized spacial score (nSPS) is 41.3. The lowest BCUT2D eigenvalue weighted by Gasteiger charge is -2.19. The topological polar surface area (TPSA) is 12.4 Å². The molecule has 0 spiro atoms. The van der Waals surface area contributed by atoms with Crippen LogP contribution >= 0.6 is 11.8 Å². The standard InChI is InChI=1S/C8H15NS/c1-6-4-10-5-9-8(3)7(6)2/h5-8H,4H2,1-3H3/t6?,7-,8?/m0/s1. The van der Waals surface area contributed by atoms with Gasteiger partial charge in [0.15, 0.2) is 0 Å². The van der Waals surface area contributed by atoms with E-state index in [1.807, 2.05) is 17.3 Å². The van der Waals surface area contributed by atoms with Crippen LogP contribution in [0.15, 0.2) is 4.99 Å². The van der Waals surface area contributed by atoms with Crippen molar-refractivity contribution in [2.24, 2.45) is 16.8 Å². The van der Waals surface area contributed by atoms with Gasteiger partial charge in [0.05, 0.1) is 11.6 Å². The Hall–Kier alpha value is 0.0200. The van der Waals surface area contributed by atoms with E-state index in [4.69, 9.17) is 0 Å². The van der Waals surface area contributed by atoms with Crippen molar-refractivity contribution >= 4 is 17.3 Å². The van der Waals surface area contributed by atoms with Crippen molar-refractivity contribution in [3.63, 3.8) is 0 Å². The molecule has 0 aromatic heterocycles. The summed E-state index contributed by atoms with van der Waals surface area (Å²) in [7, 11) is 0. The quantitative estimate of drug-likeness (QED) is 0.526. The van der Waals surface area contributed by atoms with Crippen LogP contribution < -0.4 is 0 Å². The minimum absolute atomic E-state index is 0.519. The summed E-state index contributed by atoms with van der Waals surface area (Å²) >= 11 is 1.84. The van der Waals surface area contributed by atoms with Crippen LogP contribution in [-0.4, -0.2) is 17.3 Å². The van der Waals surface area contributed by atoms with E-state index < -0.39 is 0 Å². The Morgan fingerprint density at radius 2 is 2.10 bits per heavy atom. The van der Waals surface area contributed by atoms with Gasteiger partial charge in [-0.05, 0) is 18.8 Å². The molecule has 58 valence electrons. The van der Waals surface area contributed by atoms with Gasteiger partial charge in [-0.15, -0.1) is 11.8 Å². The predicted octanol–water partition coefficient (Wildman–Crippen LogP) is 2.42. The second kappa shape index (κ2) is 3.42. The lowest BCUT2D eigenvalue weighted by molar-refractivity contribution is 0.372. The molecular weight excluding hydrogens is 142 g/mol. The zero-order valence-corrected chi connectivity index (χ0v) is 7.69. The third-order valence-corrected chi connectivity index (χ3v) is 3.38. The fraction of sp³-hybridized carbons (Fsp3) is 0.875. The maximum atomic E-state index is 4.39. The van der Waals surface area contributed by atoms with Crippen molar-refractivity contribution < 1.29 is 0 Å². The summed E-state index contributed by atoms with van der Waals surface area (Å²) in [4.78, 5) is 4.39. The van der Waals surface area contributed by atoms with E-state index in [9.17, 15) is 0 Å². The Bertz CT molecular complexity index is 133. The second-order valence-electron chi connectivity index (χ2n) is 3.16. The number of nitrogens with zero attached hydrogens (tertiary/aromatic N) is 1. The van der Waals surface area contributed by atoms with Crippen molar-refractivity contribution in [1.29, 1.82) is 0 Å². The molecule has 1 rings (SSSR count). The van der Waals surface area contributed by atoms with Gasteiger partial charge in [-0.25, -0.2) is 0 Å². The molecule has 0 radical (unpaired) electrons. The molecule has 2 unspecified atom stereocenters. The van der Waals surface area contributed by atoms with Crippen molar-refractivity contribution in [2.45, 2.75) is 26.8 Å². The first kappa shape index (κ1) is 8.12. The minimum Gasteiger partial charge on any atom is -0.283 e. The zero-order valence-electron chi connectivity index (χ0n) is 6.87. The maximum Gasteiger partial charge on any atom is 0.0544 e. The van der Waals surface area contributed by atoms with Gasteiger partial charge in [-0.1, -0.05) is 13.8 Å². The molecule has 1 aliphatic rings. The summed E-state index contributed by atoms with van der Waals surface area (Å²) in [6.45, 7) is 6.80. The third kappa shape index (κ3) is 1.75. The molecule has 0 aromatic rings. The first-order chi connectivity index (χ1) is 4.72. The van der Waals surface area contributed by atoms with Gasteiger partial charge in [-0.2, -0.15) is 0 Å². The summed E-state index contributed by atoms with van der Waals surface area (Å²) in [6.07, 6.45) is 0. The van der Waals surface area contributed by atoms with Crippen molar-refractivity contribution in [3.05, 3.63) is 0 Å². The number of hydrogen-bond acceptors (Lipinski definition) is 2. The molecule has 1 nitrogen and oxygen atoms in total. The molecule has 0 aromatic carbocycles. The smallest absolute Gasteiger partial charge is 0.0544 e. The van der Waals surface area contributed by atoms with Crippen molar-refractivity contribution in [3.8, 4) is 0 Å². The maximum absolute atomic E-state index is 4.39. The molecule has 3 atom stereocenters. The van der Waals surface area contributed by atoms with Gasteiger partial charge in [0.1, 0.15) is 0 Å². The van der Waals surface area contributed by atoms with E-state index in [0.717, 1.165) is 11.8 Å². The van der Waals surface area contributed by atoms with Gasteiger partial charge in [0.2, 0.25) is 0 Å². The highest BCUT2D eigenvalue weighted by Gasteiger charge is 2.19. The minimum atomic E-state index is 0.519. The molecule has 2 heteroatoms. The number of rotatable bonds is 0. The molecule has 0 saturated heterocycles. The highest BCUT2D eigenvalue weighted by molar-refractivity contribution is 8.12. The van der Waals surface area contributed by atoms with Gasteiger partial charge >= 0.3 is 0 Å². The lowest BCUT2D eigenvalue weighted by atomic mass is 9.92. The Morgan fingerprint density at radius 1 is 1.40 bits per heavy atom. The summed E-state index contributed by atoms with van der Waals surface area (Å²) in [5, 5.41) is 0. The average Bonchev–Trinajstić information content (AvgIpc) is 2.04. The Morgan fingerprint density at radius 3 is 2.80 bits per heavy atom. The van der Waals surface area contributed by atoms with Crippen LogP contribution in [0.5, 0.6) is 0 Å². The highest BCUT2D eigenvalue weighted by atomic mass is 32.2. The summed E-state index contributed by atoms with van der Waals surface area (Å²) in [5.74, 6) is 2.78. The number of aliphatic imine (C=N–C) groups is 1. The first-order valence-electron chi connectivity index (χ1n) is 3.85. The van der Waals surface area contributed by atoms with Crippen LogP contribution in [0, 0.1) is 11.8 Å². The molecule has 1 aliphatic heterocycles. The molecule has 0 fully saturated rings. The van der Waals surface area contributed by atoms with E-state index in [-0.39, 0.29) is 0 Å². The number of thioether (sulfide) groups is 1. The second-order valence-corrected chi connectivity index (χ2v) is 4.04. The largest absolute Gasteiger partial charge is 0.283 e. The van der Waals surface area contributed by atoms with Crippen molar-refractivity contribution in [2.75, 3.05) is 5.75 Å². The summed E-state index contributed by atoms with van der Waals surface area (Å²) in [5.41, 5.74) is 2.00. The first-order valence-corrected chi connectivity index (χ1v) is 4.90. The average molecular weight is 157 g/mol. The molecule has 0 bridgehead atoms. The van der Waals surface area contributed by atoms with Gasteiger partial charge in [-0.3, -0.25) is 4.99 Å². The highest BCUT2D eigenvalue weighted by Crippen LogP contribution is 2.23. The number of hydrogen-bond donors (Lipinski definition) is 0. The van der Waals surface area contributed by atoms with Crippen LogP contribution in [0.25, 0.3) is 0 Å². The van der Waals surface area contributed by atoms with Gasteiger partial charge < -0.3 is 0 Å². The summed E-state index contributed by atoms with van der Waals surface area (Å²) < 4.78 is 0. The van der Waals surface area contributed by atoms with E-state index in [0.29, 0.717) is 6.04 Å². The fourth-order valence-corrected chi connectivity index (χ4v) is 2.07. The SMILES string of the molecule is CC1CSC=NC(C)[C@H]1C.